The number of methoxy groups -OCH3 is 2. The van der Waals surface area contributed by atoms with Crippen LogP contribution in [-0.2, 0) is 11.3 Å². The van der Waals surface area contributed by atoms with Crippen molar-refractivity contribution in [2.45, 2.75) is 20.4 Å². The molecule has 0 aliphatic heterocycles. The van der Waals surface area contributed by atoms with Crippen LogP contribution in [0, 0.1) is 6.92 Å². The van der Waals surface area contributed by atoms with Crippen LogP contribution in [0.15, 0.2) is 12.1 Å². The summed E-state index contributed by atoms with van der Waals surface area (Å²) in [5.74, 6) is 1.79. The summed E-state index contributed by atoms with van der Waals surface area (Å²) in [6, 6.07) is 3.90. The van der Waals surface area contributed by atoms with Crippen molar-refractivity contribution in [2.75, 3.05) is 27.8 Å². The topological polar surface area (TPSA) is 38.8 Å². The van der Waals surface area contributed by atoms with Crippen molar-refractivity contribution in [1.82, 2.24) is 4.90 Å². The highest BCUT2D eigenvalue weighted by molar-refractivity contribution is 5.77. The Morgan fingerprint density at radius 2 is 1.94 bits per heavy atom. The molecular formula is C14H21NO3. The van der Waals surface area contributed by atoms with E-state index in [1.165, 1.54) is 0 Å². The minimum atomic E-state index is 0.154. The Morgan fingerprint density at radius 3 is 2.44 bits per heavy atom. The first-order chi connectivity index (χ1) is 8.49. The molecule has 0 atom stereocenters. The normalized spacial score (nSPS) is 10.6. The predicted octanol–water partition coefficient (Wildman–Crippen LogP) is 2.03. The maximum Gasteiger partial charge on any atom is 0.143 e. The summed E-state index contributed by atoms with van der Waals surface area (Å²) in [4.78, 5) is 13.0. The summed E-state index contributed by atoms with van der Waals surface area (Å²) in [5, 5.41) is 0. The van der Waals surface area contributed by atoms with E-state index in [-0.39, 0.29) is 5.78 Å². The molecule has 0 N–H and O–H groups in total. The molecule has 18 heavy (non-hydrogen) atoms. The van der Waals surface area contributed by atoms with Gasteiger partial charge in [0, 0.05) is 17.7 Å². The van der Waals surface area contributed by atoms with Crippen LogP contribution < -0.4 is 9.47 Å². The average Bonchev–Trinajstić information content (AvgIpc) is 2.28. The van der Waals surface area contributed by atoms with E-state index in [1.54, 1.807) is 21.1 Å². The largest absolute Gasteiger partial charge is 0.496 e. The first kappa shape index (κ1) is 14.5. The Kier molecular flexibility index (Phi) is 5.16. The molecule has 0 radical (unpaired) electrons. The van der Waals surface area contributed by atoms with Gasteiger partial charge in [0.1, 0.15) is 17.3 Å². The highest BCUT2D eigenvalue weighted by Crippen LogP contribution is 2.31. The zero-order chi connectivity index (χ0) is 13.7. The van der Waals surface area contributed by atoms with Crippen molar-refractivity contribution in [3.8, 4) is 11.5 Å². The lowest BCUT2D eigenvalue weighted by Crippen LogP contribution is -2.24. The van der Waals surface area contributed by atoms with Gasteiger partial charge in [0.15, 0.2) is 0 Å². The second-order valence-electron chi connectivity index (χ2n) is 4.46. The Hall–Kier alpha value is -1.55. The minimum Gasteiger partial charge on any atom is -0.496 e. The second kappa shape index (κ2) is 6.40. The van der Waals surface area contributed by atoms with Crippen molar-refractivity contribution >= 4 is 5.78 Å². The van der Waals surface area contributed by atoms with Crippen molar-refractivity contribution in [3.05, 3.63) is 23.3 Å². The number of ether oxygens (including phenoxy) is 2. The number of hydrogen-bond acceptors (Lipinski definition) is 4. The van der Waals surface area contributed by atoms with Gasteiger partial charge in [0.2, 0.25) is 0 Å². The molecule has 0 saturated heterocycles. The van der Waals surface area contributed by atoms with Gasteiger partial charge in [-0.25, -0.2) is 0 Å². The third kappa shape index (κ3) is 3.47. The molecule has 4 nitrogen and oxygen atoms in total. The van der Waals surface area contributed by atoms with E-state index < -0.39 is 0 Å². The van der Waals surface area contributed by atoms with E-state index in [0.717, 1.165) is 22.6 Å². The molecule has 0 aliphatic carbocycles. The van der Waals surface area contributed by atoms with Crippen LogP contribution >= 0.6 is 0 Å². The van der Waals surface area contributed by atoms with Gasteiger partial charge < -0.3 is 9.47 Å². The van der Waals surface area contributed by atoms with Gasteiger partial charge in [0.25, 0.3) is 0 Å². The smallest absolute Gasteiger partial charge is 0.143 e. The summed E-state index contributed by atoms with van der Waals surface area (Å²) in [6.45, 7) is 4.67. The number of likely N-dealkylation sites (N-methyl/N-ethyl adjacent to an activating group) is 1. The van der Waals surface area contributed by atoms with E-state index >= 15 is 0 Å². The standard InChI is InChI=1S/C14H21NO3/c1-10(16)8-15(3)9-12-6-7-13(17-4)11(2)14(12)18-5/h6-7H,8-9H2,1-5H3. The predicted molar refractivity (Wildman–Crippen MR) is 71.3 cm³/mol. The average molecular weight is 251 g/mol. The molecule has 0 aromatic heterocycles. The lowest BCUT2D eigenvalue weighted by molar-refractivity contribution is -0.117. The number of nitrogens with zero attached hydrogens (tertiary/aromatic N) is 1. The number of carbonyl (C=O) groups excluding carboxylic acids is 1. The number of Topliss-reactive ketones (excluding diaryl/α,β-unsaturated/α-hetero) is 1. The molecule has 1 rings (SSSR count). The number of hydrogen-bond donors (Lipinski definition) is 0. The first-order valence-electron chi connectivity index (χ1n) is 5.88. The van der Waals surface area contributed by atoms with Gasteiger partial charge in [-0.1, -0.05) is 6.07 Å². The molecule has 0 fully saturated rings. The highest BCUT2D eigenvalue weighted by Gasteiger charge is 2.13. The van der Waals surface area contributed by atoms with Crippen LogP contribution in [0.4, 0.5) is 0 Å². The SMILES string of the molecule is COc1ccc(CN(C)CC(C)=O)c(OC)c1C. The Morgan fingerprint density at radius 1 is 1.28 bits per heavy atom. The first-order valence-corrected chi connectivity index (χ1v) is 5.88. The third-order valence-electron chi connectivity index (χ3n) is 2.79. The van der Waals surface area contributed by atoms with Gasteiger partial charge in [-0.2, -0.15) is 0 Å². The lowest BCUT2D eigenvalue weighted by atomic mass is 10.1. The summed E-state index contributed by atoms with van der Waals surface area (Å²) in [7, 11) is 5.21. The summed E-state index contributed by atoms with van der Waals surface area (Å²) in [5.41, 5.74) is 2.04. The van der Waals surface area contributed by atoms with E-state index in [2.05, 4.69) is 0 Å². The zero-order valence-corrected chi connectivity index (χ0v) is 11.7. The molecule has 0 heterocycles. The minimum absolute atomic E-state index is 0.154. The van der Waals surface area contributed by atoms with Crippen LogP contribution in [0.5, 0.6) is 11.5 Å². The van der Waals surface area contributed by atoms with E-state index in [9.17, 15) is 4.79 Å². The van der Waals surface area contributed by atoms with Crippen LogP contribution in [-0.4, -0.2) is 38.5 Å². The monoisotopic (exact) mass is 251 g/mol. The van der Waals surface area contributed by atoms with E-state index in [4.69, 9.17) is 9.47 Å². The molecule has 0 bridgehead atoms. The van der Waals surface area contributed by atoms with Crippen molar-refractivity contribution in [2.24, 2.45) is 0 Å². The molecule has 4 heteroatoms. The molecule has 100 valence electrons. The Bertz CT molecular complexity index is 429. The number of benzene rings is 1. The number of ketones is 1. The molecule has 0 aliphatic rings. The molecule has 0 unspecified atom stereocenters. The van der Waals surface area contributed by atoms with E-state index in [1.807, 2.05) is 31.0 Å². The van der Waals surface area contributed by atoms with Crippen LogP contribution in [0.1, 0.15) is 18.1 Å². The number of carbonyl (C=O) groups is 1. The fourth-order valence-electron chi connectivity index (χ4n) is 2.09. The molecular weight excluding hydrogens is 230 g/mol. The van der Waals surface area contributed by atoms with Gasteiger partial charge >= 0.3 is 0 Å². The van der Waals surface area contributed by atoms with Gasteiger partial charge in [-0.15, -0.1) is 0 Å². The maximum atomic E-state index is 11.1. The zero-order valence-electron chi connectivity index (χ0n) is 11.7. The van der Waals surface area contributed by atoms with Crippen molar-refractivity contribution in [1.29, 1.82) is 0 Å². The van der Waals surface area contributed by atoms with E-state index in [0.29, 0.717) is 13.1 Å². The lowest BCUT2D eigenvalue weighted by Gasteiger charge is -2.19. The third-order valence-corrected chi connectivity index (χ3v) is 2.79. The second-order valence-corrected chi connectivity index (χ2v) is 4.46. The fraction of sp³-hybridized carbons (Fsp3) is 0.500. The molecule has 0 amide bonds. The van der Waals surface area contributed by atoms with Gasteiger partial charge in [-0.05, 0) is 27.0 Å². The Labute approximate surface area is 108 Å². The summed E-state index contributed by atoms with van der Waals surface area (Å²) in [6.07, 6.45) is 0. The van der Waals surface area contributed by atoms with Crippen molar-refractivity contribution < 1.29 is 14.3 Å². The highest BCUT2D eigenvalue weighted by atomic mass is 16.5. The maximum absolute atomic E-state index is 11.1. The summed E-state index contributed by atoms with van der Waals surface area (Å²) >= 11 is 0. The van der Waals surface area contributed by atoms with Crippen LogP contribution in [0.25, 0.3) is 0 Å². The molecule has 1 aromatic rings. The molecule has 0 saturated carbocycles. The van der Waals surface area contributed by atoms with Crippen molar-refractivity contribution in [3.63, 3.8) is 0 Å². The Balaban J connectivity index is 2.95. The quantitative estimate of drug-likeness (QED) is 0.775. The molecule has 1 aromatic carbocycles. The van der Waals surface area contributed by atoms with Crippen LogP contribution in [0.2, 0.25) is 0 Å². The van der Waals surface area contributed by atoms with Gasteiger partial charge in [0.05, 0.1) is 20.8 Å². The summed E-state index contributed by atoms with van der Waals surface area (Å²) < 4.78 is 10.7. The fourth-order valence-corrected chi connectivity index (χ4v) is 2.09. The van der Waals surface area contributed by atoms with Gasteiger partial charge in [-0.3, -0.25) is 9.69 Å². The number of rotatable bonds is 6. The van der Waals surface area contributed by atoms with Crippen LogP contribution in [0.3, 0.4) is 0 Å². The molecule has 0 spiro atoms.